The van der Waals surface area contributed by atoms with E-state index in [1.54, 1.807) is 10.6 Å². The lowest BCUT2D eigenvalue weighted by Gasteiger charge is -2.37. The van der Waals surface area contributed by atoms with Gasteiger partial charge in [0, 0.05) is 75.7 Å². The van der Waals surface area contributed by atoms with Crippen molar-refractivity contribution in [3.05, 3.63) is 76.6 Å². The molecule has 3 aliphatic heterocycles. The van der Waals surface area contributed by atoms with Crippen LogP contribution >= 0.6 is 11.8 Å². The van der Waals surface area contributed by atoms with Crippen LogP contribution in [0.5, 0.6) is 0 Å². The van der Waals surface area contributed by atoms with E-state index in [0.717, 1.165) is 49.5 Å². The standard InChI is InChI=1S/C36H47FN6O3S/c1-36(2,3)15-18-42-33(45)30(47-34(42)32-27(37)11-8-12-29(32)40-21-19-39(4)20-22-40)23-31(44)41-16-13-26(14-17-41)43-24-28(38-35(43)46)25-9-6-5-7-10-25/h5-12,24,26,30,34H,13-23H2,1-4H3,(H,38,46). The zero-order chi connectivity index (χ0) is 33.3. The minimum atomic E-state index is -0.578. The van der Waals surface area contributed by atoms with Gasteiger partial charge in [-0.1, -0.05) is 57.2 Å². The largest absolute Gasteiger partial charge is 0.369 e. The van der Waals surface area contributed by atoms with Gasteiger partial charge in [0.1, 0.15) is 11.2 Å². The number of likely N-dealkylation sites (N-methyl/N-ethyl adjacent to an activating group) is 1. The maximum absolute atomic E-state index is 15.8. The molecule has 2 aromatic carbocycles. The Balaban J connectivity index is 1.15. The fourth-order valence-electron chi connectivity index (χ4n) is 6.85. The van der Waals surface area contributed by atoms with Crippen molar-refractivity contribution >= 4 is 29.3 Å². The summed E-state index contributed by atoms with van der Waals surface area (Å²) in [5.74, 6) is -0.464. The van der Waals surface area contributed by atoms with Crippen LogP contribution < -0.4 is 10.6 Å². The summed E-state index contributed by atoms with van der Waals surface area (Å²) in [6.07, 6.45) is 4.05. The van der Waals surface area contributed by atoms with Gasteiger partial charge < -0.3 is 24.6 Å². The first-order chi connectivity index (χ1) is 22.5. The summed E-state index contributed by atoms with van der Waals surface area (Å²) in [5, 5.41) is -1.07. The van der Waals surface area contributed by atoms with E-state index in [-0.39, 0.29) is 41.2 Å². The lowest BCUT2D eigenvalue weighted by molar-refractivity contribution is -0.136. The van der Waals surface area contributed by atoms with Gasteiger partial charge in [-0.05, 0) is 49.4 Å². The summed E-state index contributed by atoms with van der Waals surface area (Å²) in [6, 6.07) is 15.0. The number of aromatic amines is 1. The Kier molecular flexibility index (Phi) is 9.85. The summed E-state index contributed by atoms with van der Waals surface area (Å²) in [4.78, 5) is 51.6. The Labute approximate surface area is 281 Å². The Morgan fingerprint density at radius 1 is 0.957 bits per heavy atom. The SMILES string of the molecule is CN1CCN(c2cccc(F)c2C2SC(CC(=O)N3CCC(n4cc(-c5ccccc5)[nH]c4=O)CC3)C(=O)N2CCC(C)(C)C)CC1. The quantitative estimate of drug-likeness (QED) is 0.350. The van der Waals surface area contributed by atoms with Crippen LogP contribution in [0.4, 0.5) is 10.1 Å². The molecule has 6 rings (SSSR count). The molecule has 0 aliphatic carbocycles. The van der Waals surface area contributed by atoms with E-state index in [2.05, 4.69) is 42.6 Å². The highest BCUT2D eigenvalue weighted by atomic mass is 32.2. The molecular formula is C36H47FN6O3S. The number of hydrogen-bond acceptors (Lipinski definition) is 6. The van der Waals surface area contributed by atoms with Crippen molar-refractivity contribution in [2.45, 2.75) is 63.1 Å². The summed E-state index contributed by atoms with van der Waals surface area (Å²) in [7, 11) is 2.09. The average molecular weight is 663 g/mol. The molecule has 47 heavy (non-hydrogen) atoms. The third kappa shape index (κ3) is 7.46. The van der Waals surface area contributed by atoms with Crippen LogP contribution in [0.1, 0.15) is 63.4 Å². The number of H-pyrrole nitrogens is 1. The second-order valence-corrected chi connectivity index (χ2v) is 15.6. The van der Waals surface area contributed by atoms with Gasteiger partial charge in [0.2, 0.25) is 11.8 Å². The Morgan fingerprint density at radius 3 is 2.34 bits per heavy atom. The van der Waals surface area contributed by atoms with Gasteiger partial charge in [-0.25, -0.2) is 9.18 Å². The van der Waals surface area contributed by atoms with Gasteiger partial charge in [-0.3, -0.25) is 14.2 Å². The number of likely N-dealkylation sites (tertiary alicyclic amines) is 1. The number of hydrogen-bond donors (Lipinski definition) is 1. The van der Waals surface area contributed by atoms with E-state index in [9.17, 15) is 14.4 Å². The van der Waals surface area contributed by atoms with E-state index in [1.807, 2.05) is 52.4 Å². The van der Waals surface area contributed by atoms with Crippen molar-refractivity contribution in [1.82, 2.24) is 24.3 Å². The molecule has 9 nitrogen and oxygen atoms in total. The summed E-state index contributed by atoms with van der Waals surface area (Å²) < 4.78 is 17.6. The molecule has 0 radical (unpaired) electrons. The molecule has 3 fully saturated rings. The Morgan fingerprint density at radius 2 is 1.66 bits per heavy atom. The first-order valence-corrected chi connectivity index (χ1v) is 17.7. The molecule has 11 heteroatoms. The number of benzene rings is 2. The van der Waals surface area contributed by atoms with Gasteiger partial charge in [0.15, 0.2) is 0 Å². The number of piperazine rings is 1. The number of imidazole rings is 1. The van der Waals surface area contributed by atoms with Crippen LogP contribution in [0.3, 0.4) is 0 Å². The number of thioether (sulfide) groups is 1. The van der Waals surface area contributed by atoms with E-state index in [0.29, 0.717) is 38.0 Å². The maximum atomic E-state index is 15.8. The molecule has 3 aromatic rings. The first kappa shape index (κ1) is 33.3. The molecule has 0 spiro atoms. The highest BCUT2D eigenvalue weighted by Crippen LogP contribution is 2.49. The number of piperidine rings is 1. The number of halogens is 1. The van der Waals surface area contributed by atoms with Gasteiger partial charge >= 0.3 is 5.69 Å². The molecule has 0 saturated carbocycles. The van der Waals surface area contributed by atoms with Gasteiger partial charge in [0.25, 0.3) is 0 Å². The van der Waals surface area contributed by atoms with Crippen LogP contribution in [-0.4, -0.2) is 94.2 Å². The number of nitrogens with one attached hydrogen (secondary N) is 1. The number of carbonyl (C=O) groups excluding carboxylic acids is 2. The summed E-state index contributed by atoms with van der Waals surface area (Å²) in [6.45, 7) is 11.3. The highest BCUT2D eigenvalue weighted by molar-refractivity contribution is 8.01. The highest BCUT2D eigenvalue weighted by Gasteiger charge is 2.45. The summed E-state index contributed by atoms with van der Waals surface area (Å²) >= 11 is 1.42. The predicted octanol–water partition coefficient (Wildman–Crippen LogP) is 5.37. The maximum Gasteiger partial charge on any atom is 0.326 e. The van der Waals surface area contributed by atoms with E-state index in [1.165, 1.54) is 17.8 Å². The van der Waals surface area contributed by atoms with Crippen molar-refractivity contribution in [2.75, 3.05) is 57.8 Å². The number of carbonyl (C=O) groups is 2. The molecule has 2 atom stereocenters. The second-order valence-electron chi connectivity index (χ2n) is 14.3. The van der Waals surface area contributed by atoms with Gasteiger partial charge in [-0.15, -0.1) is 11.8 Å². The topological polar surface area (TPSA) is 84.9 Å². The third-order valence-corrected chi connectivity index (χ3v) is 11.2. The van der Waals surface area contributed by atoms with Crippen LogP contribution in [0, 0.1) is 11.2 Å². The molecule has 1 aromatic heterocycles. The second kappa shape index (κ2) is 13.9. The smallest absolute Gasteiger partial charge is 0.326 e. The molecular weight excluding hydrogens is 616 g/mol. The number of aromatic nitrogens is 2. The lowest BCUT2D eigenvalue weighted by atomic mass is 9.92. The predicted molar refractivity (Wildman–Crippen MR) is 186 cm³/mol. The van der Waals surface area contributed by atoms with Crippen molar-refractivity contribution in [1.29, 1.82) is 0 Å². The summed E-state index contributed by atoms with van der Waals surface area (Å²) in [5.41, 5.74) is 2.97. The van der Waals surface area contributed by atoms with Crippen LogP contribution in [0.15, 0.2) is 59.5 Å². The van der Waals surface area contributed by atoms with Crippen LogP contribution in [0.25, 0.3) is 11.3 Å². The number of rotatable bonds is 8. The molecule has 1 N–H and O–H groups in total. The van der Waals surface area contributed by atoms with Crippen molar-refractivity contribution < 1.29 is 14.0 Å². The van der Waals surface area contributed by atoms with E-state index in [4.69, 9.17) is 0 Å². The normalized spacial score (nSPS) is 21.6. The van der Waals surface area contributed by atoms with Crippen LogP contribution in [0.2, 0.25) is 0 Å². The molecule has 252 valence electrons. The average Bonchev–Trinajstić information content (AvgIpc) is 3.59. The van der Waals surface area contributed by atoms with Crippen molar-refractivity contribution in [3.8, 4) is 11.3 Å². The van der Waals surface area contributed by atoms with Crippen molar-refractivity contribution in [2.24, 2.45) is 5.41 Å². The monoisotopic (exact) mass is 662 g/mol. The molecule has 3 aliphatic rings. The van der Waals surface area contributed by atoms with Gasteiger partial charge in [0.05, 0.1) is 10.9 Å². The van der Waals surface area contributed by atoms with Gasteiger partial charge in [-0.2, -0.15) is 0 Å². The minimum absolute atomic E-state index is 0.00549. The third-order valence-electron chi connectivity index (χ3n) is 9.76. The molecule has 2 unspecified atom stereocenters. The molecule has 4 heterocycles. The number of amides is 2. The molecule has 3 saturated heterocycles. The zero-order valence-electron chi connectivity index (χ0n) is 28.0. The lowest BCUT2D eigenvalue weighted by Crippen LogP contribution is -2.45. The van der Waals surface area contributed by atoms with Crippen molar-refractivity contribution in [3.63, 3.8) is 0 Å². The number of anilines is 1. The fraction of sp³-hybridized carbons (Fsp3) is 0.528. The van der Waals surface area contributed by atoms with E-state index < -0.39 is 10.6 Å². The minimum Gasteiger partial charge on any atom is -0.369 e. The fourth-order valence-corrected chi connectivity index (χ4v) is 8.38. The van der Waals surface area contributed by atoms with E-state index >= 15 is 4.39 Å². The first-order valence-electron chi connectivity index (χ1n) is 16.8. The molecule has 2 amide bonds. The number of nitrogens with zero attached hydrogens (tertiary/aromatic N) is 5. The van der Waals surface area contributed by atoms with Crippen LogP contribution in [-0.2, 0) is 9.59 Å². The Bertz CT molecular complexity index is 1620. The molecule has 0 bridgehead atoms. The Hall–Kier alpha value is -3.57. The zero-order valence-corrected chi connectivity index (χ0v) is 28.8.